The number of non-ortho nitro benzene ring substituents is 1. The summed E-state index contributed by atoms with van der Waals surface area (Å²) in [5, 5.41) is 26.0. The largest absolute Gasteiger partial charge is 0.506 e. The molecular weight excluding hydrogens is 418 g/mol. The maximum Gasteiger partial charge on any atom is 0.271 e. The summed E-state index contributed by atoms with van der Waals surface area (Å²) < 4.78 is 0.133. The van der Waals surface area contributed by atoms with E-state index in [0.717, 1.165) is 23.7 Å². The zero-order valence-corrected chi connectivity index (χ0v) is 15.4. The van der Waals surface area contributed by atoms with Gasteiger partial charge in [0.2, 0.25) is 0 Å². The van der Waals surface area contributed by atoms with Gasteiger partial charge in [-0.15, -0.1) is 0 Å². The van der Waals surface area contributed by atoms with Gasteiger partial charge in [0.15, 0.2) is 0 Å². The number of nitrogens with zero attached hydrogens (tertiary/aromatic N) is 3. The van der Waals surface area contributed by atoms with Crippen LogP contribution in [0.25, 0.3) is 0 Å². The summed E-state index contributed by atoms with van der Waals surface area (Å²) in [7, 11) is 0. The first-order valence-corrected chi connectivity index (χ1v) is 9.45. The molecule has 4 aliphatic carbocycles. The zero-order valence-electron chi connectivity index (χ0n) is 13.9. The number of phenols is 1. The number of carbonyl (C=O) groups is 2. The second kappa shape index (κ2) is 5.48. The number of hydrogen-bond donors (Lipinski definition) is 1. The number of phenolic OH excluding ortho intramolecular Hbond substituents is 1. The Morgan fingerprint density at radius 2 is 1.78 bits per heavy atom. The second-order valence-corrected chi connectivity index (χ2v) is 8.36. The Hall–Kier alpha value is -2.55. The summed E-state index contributed by atoms with van der Waals surface area (Å²) in [6, 6.07) is 2.31. The topological polar surface area (TPSA) is 113 Å². The molecule has 9 heteroatoms. The number of amides is 2. The van der Waals surface area contributed by atoms with Crippen LogP contribution in [0.5, 0.6) is 5.75 Å². The van der Waals surface area contributed by atoms with Crippen LogP contribution in [0.15, 0.2) is 33.9 Å². The number of nitro groups is 1. The number of rotatable bonds is 3. The normalized spacial score (nSPS) is 35.7. The van der Waals surface area contributed by atoms with Gasteiger partial charge in [-0.05, 0) is 46.0 Å². The third kappa shape index (κ3) is 2.24. The molecule has 1 aromatic rings. The maximum atomic E-state index is 12.8. The van der Waals surface area contributed by atoms with Crippen molar-refractivity contribution < 1.29 is 19.6 Å². The molecule has 2 bridgehead atoms. The number of aromatic hydroxyl groups is 1. The molecule has 1 aliphatic heterocycles. The molecule has 1 saturated heterocycles. The standard InChI is InChI=1S/C18H14BrN3O5/c19-13-4-8(22(26)27)3-7(16(13)23)6-20-21-17(24)14-9-1-2-10(12-5-11(9)12)15(14)18(21)25/h1-4,6,9-12,14-15,23H,5H2/b20-6+/t9-,10-,11-,12-,14+,15+/m1/s1. The Morgan fingerprint density at radius 1 is 1.19 bits per heavy atom. The number of hydrogen-bond acceptors (Lipinski definition) is 6. The Labute approximate surface area is 161 Å². The number of nitro benzene ring substituents is 1. The van der Waals surface area contributed by atoms with E-state index >= 15 is 0 Å². The molecular formula is C18H14BrN3O5. The molecule has 1 aromatic carbocycles. The smallest absolute Gasteiger partial charge is 0.271 e. The minimum atomic E-state index is -0.599. The van der Waals surface area contributed by atoms with Crippen LogP contribution in [0.1, 0.15) is 12.0 Å². The van der Waals surface area contributed by atoms with Crippen LogP contribution in [0.4, 0.5) is 5.69 Å². The lowest BCUT2D eigenvalue weighted by atomic mass is 9.63. The monoisotopic (exact) mass is 431 g/mol. The summed E-state index contributed by atoms with van der Waals surface area (Å²) in [4.78, 5) is 36.1. The van der Waals surface area contributed by atoms with Gasteiger partial charge < -0.3 is 5.11 Å². The van der Waals surface area contributed by atoms with E-state index in [1.54, 1.807) is 0 Å². The highest BCUT2D eigenvalue weighted by molar-refractivity contribution is 9.10. The summed E-state index contributed by atoms with van der Waals surface area (Å²) in [5.74, 6) is -0.423. The minimum absolute atomic E-state index is 0.0514. The molecule has 0 unspecified atom stereocenters. The van der Waals surface area contributed by atoms with Gasteiger partial charge in [-0.1, -0.05) is 12.2 Å². The van der Waals surface area contributed by atoms with Gasteiger partial charge in [0.1, 0.15) is 5.75 Å². The highest BCUT2D eigenvalue weighted by Crippen LogP contribution is 2.65. The van der Waals surface area contributed by atoms with Crippen LogP contribution in [0.3, 0.4) is 0 Å². The van der Waals surface area contributed by atoms with Gasteiger partial charge in [-0.25, -0.2) is 0 Å². The lowest BCUT2D eigenvalue weighted by Gasteiger charge is -2.37. The Balaban J connectivity index is 1.47. The molecule has 0 spiro atoms. The summed E-state index contributed by atoms with van der Waals surface area (Å²) in [6.45, 7) is 0. The predicted octanol–water partition coefficient (Wildman–Crippen LogP) is 2.45. The number of halogens is 1. The molecule has 3 fully saturated rings. The molecule has 6 atom stereocenters. The van der Waals surface area contributed by atoms with Crippen LogP contribution in [0.2, 0.25) is 0 Å². The lowest BCUT2D eigenvalue weighted by Crippen LogP contribution is -2.40. The van der Waals surface area contributed by atoms with E-state index in [4.69, 9.17) is 0 Å². The van der Waals surface area contributed by atoms with Crippen molar-refractivity contribution >= 4 is 39.6 Å². The highest BCUT2D eigenvalue weighted by atomic mass is 79.9. The first kappa shape index (κ1) is 16.6. The van der Waals surface area contributed by atoms with E-state index in [0.29, 0.717) is 11.8 Å². The fourth-order valence-corrected chi connectivity index (χ4v) is 5.45. The van der Waals surface area contributed by atoms with Gasteiger partial charge in [-0.3, -0.25) is 19.7 Å². The van der Waals surface area contributed by atoms with Crippen molar-refractivity contribution in [3.05, 3.63) is 44.4 Å². The molecule has 1 N–H and O–H groups in total. The van der Waals surface area contributed by atoms with E-state index in [1.165, 1.54) is 6.07 Å². The average molecular weight is 432 g/mol. The number of hydrazone groups is 1. The Morgan fingerprint density at radius 3 is 2.33 bits per heavy atom. The molecule has 6 rings (SSSR count). The molecule has 2 amide bonds. The van der Waals surface area contributed by atoms with E-state index < -0.39 is 4.92 Å². The van der Waals surface area contributed by atoms with Crippen LogP contribution < -0.4 is 0 Å². The third-order valence-electron chi connectivity index (χ3n) is 6.24. The molecule has 0 aromatic heterocycles. The molecule has 1 heterocycles. The van der Waals surface area contributed by atoms with Crippen LogP contribution in [-0.2, 0) is 9.59 Å². The first-order valence-electron chi connectivity index (χ1n) is 8.65. The maximum absolute atomic E-state index is 12.8. The van der Waals surface area contributed by atoms with Crippen molar-refractivity contribution in [3.8, 4) is 5.75 Å². The van der Waals surface area contributed by atoms with Gasteiger partial charge >= 0.3 is 0 Å². The fourth-order valence-electron chi connectivity index (χ4n) is 4.98. The van der Waals surface area contributed by atoms with Crippen molar-refractivity contribution in [2.24, 2.45) is 40.6 Å². The van der Waals surface area contributed by atoms with Crippen LogP contribution in [0, 0.1) is 45.6 Å². The van der Waals surface area contributed by atoms with Crippen molar-refractivity contribution in [2.75, 3.05) is 0 Å². The van der Waals surface area contributed by atoms with E-state index in [9.17, 15) is 24.8 Å². The first-order chi connectivity index (χ1) is 12.9. The third-order valence-corrected chi connectivity index (χ3v) is 6.84. The van der Waals surface area contributed by atoms with Crippen LogP contribution in [-0.4, -0.2) is 33.1 Å². The van der Waals surface area contributed by atoms with Crippen molar-refractivity contribution in [1.82, 2.24) is 5.01 Å². The van der Waals surface area contributed by atoms with E-state index in [-0.39, 0.29) is 57.0 Å². The average Bonchev–Trinajstić information content (AvgIpc) is 3.42. The molecule has 138 valence electrons. The van der Waals surface area contributed by atoms with Crippen molar-refractivity contribution in [3.63, 3.8) is 0 Å². The number of allylic oxidation sites excluding steroid dienone is 2. The molecule has 27 heavy (non-hydrogen) atoms. The summed E-state index contributed by atoms with van der Waals surface area (Å²) >= 11 is 3.06. The summed E-state index contributed by atoms with van der Waals surface area (Å²) in [5.41, 5.74) is -0.188. The number of carbonyl (C=O) groups excluding carboxylic acids is 2. The molecule has 0 radical (unpaired) electrons. The summed E-state index contributed by atoms with van der Waals surface area (Å²) in [6.07, 6.45) is 6.34. The van der Waals surface area contributed by atoms with Crippen LogP contribution >= 0.6 is 15.9 Å². The van der Waals surface area contributed by atoms with E-state index in [2.05, 4.69) is 33.2 Å². The molecule has 2 saturated carbocycles. The number of benzene rings is 1. The van der Waals surface area contributed by atoms with Gasteiger partial charge in [0.25, 0.3) is 17.5 Å². The molecule has 5 aliphatic rings. The lowest BCUT2D eigenvalue weighted by molar-refractivity contribution is -0.385. The SMILES string of the molecule is O=C1[C@H]2[C@@H]3C=C[C@H]([C@H]4C[C@H]34)[C@@H]2C(=O)N1/N=C/c1cc([N+](=O)[O-])cc(Br)c1O. The zero-order chi connectivity index (χ0) is 19.0. The van der Waals surface area contributed by atoms with Gasteiger partial charge in [0, 0.05) is 17.7 Å². The van der Waals surface area contributed by atoms with E-state index in [1.807, 2.05) is 0 Å². The number of imide groups is 1. The van der Waals surface area contributed by atoms with Crippen molar-refractivity contribution in [2.45, 2.75) is 6.42 Å². The van der Waals surface area contributed by atoms with Gasteiger partial charge in [-0.2, -0.15) is 10.1 Å². The van der Waals surface area contributed by atoms with Gasteiger partial charge in [0.05, 0.1) is 27.4 Å². The fraction of sp³-hybridized carbons (Fsp3) is 0.389. The Bertz CT molecular complexity index is 938. The highest BCUT2D eigenvalue weighted by Gasteiger charge is 2.67. The minimum Gasteiger partial charge on any atom is -0.506 e. The predicted molar refractivity (Wildman–Crippen MR) is 96.6 cm³/mol. The Kier molecular flexibility index (Phi) is 3.37. The van der Waals surface area contributed by atoms with Crippen molar-refractivity contribution in [1.29, 1.82) is 0 Å². The second-order valence-electron chi connectivity index (χ2n) is 7.51. The molecule has 8 nitrogen and oxygen atoms in total. The quantitative estimate of drug-likeness (QED) is 0.259.